The van der Waals surface area contributed by atoms with E-state index in [9.17, 15) is 15.3 Å². The van der Waals surface area contributed by atoms with Crippen LogP contribution in [0.3, 0.4) is 0 Å². The lowest BCUT2D eigenvalue weighted by Crippen LogP contribution is -2.21. The number of aromatic nitrogens is 1. The van der Waals surface area contributed by atoms with Crippen LogP contribution >= 0.6 is 23.4 Å². The predicted molar refractivity (Wildman–Crippen MR) is 134 cm³/mol. The van der Waals surface area contributed by atoms with E-state index in [1.54, 1.807) is 36.4 Å². The Morgan fingerprint density at radius 2 is 1.76 bits per heavy atom. The average molecular weight is 476 g/mol. The normalized spacial score (nSPS) is 10.3. The number of hydrogen-bond donors (Lipinski definition) is 1. The fraction of sp³-hybridized carbons (Fsp3) is 0.200. The first kappa shape index (κ1) is 24.1. The van der Waals surface area contributed by atoms with Crippen LogP contribution in [0.2, 0.25) is 5.02 Å². The molecule has 1 aromatic heterocycles. The fourth-order valence-corrected chi connectivity index (χ4v) is 4.58. The molecule has 2 N–H and O–H groups in total. The SMILES string of the molecule is CCN(CC)c1ccc(C(=O)CSc2nc(N)c(C#N)c(-c3cccc(Cl)c3)c2C#N)cc1. The number of halogens is 1. The monoisotopic (exact) mass is 475 g/mol. The Balaban J connectivity index is 1.91. The first-order valence-electron chi connectivity index (χ1n) is 10.3. The Morgan fingerprint density at radius 3 is 2.33 bits per heavy atom. The number of nitriles is 2. The Bertz CT molecular complexity index is 1260. The molecule has 0 fully saturated rings. The standard InChI is InChI=1S/C25H22ClN5OS/c1-3-31(4-2)19-10-8-16(9-11-19)22(32)15-33-25-21(14-28)23(20(13-27)24(29)30-25)17-6-5-7-18(26)12-17/h5-12H,3-4,15H2,1-2H3,(H2,29,30). The summed E-state index contributed by atoms with van der Waals surface area (Å²) in [5, 5.41) is 20.3. The number of thioether (sulfide) groups is 1. The molecule has 33 heavy (non-hydrogen) atoms. The highest BCUT2D eigenvalue weighted by Crippen LogP contribution is 2.36. The van der Waals surface area contributed by atoms with Gasteiger partial charge in [0.1, 0.15) is 28.5 Å². The molecule has 0 amide bonds. The van der Waals surface area contributed by atoms with Crippen molar-refractivity contribution in [3.8, 4) is 23.3 Å². The Kier molecular flexibility index (Phi) is 7.95. The zero-order chi connectivity index (χ0) is 24.0. The summed E-state index contributed by atoms with van der Waals surface area (Å²) in [5.74, 6) is -0.0129. The molecule has 3 rings (SSSR count). The smallest absolute Gasteiger partial charge is 0.173 e. The van der Waals surface area contributed by atoms with Gasteiger partial charge in [0, 0.05) is 34.9 Å². The molecule has 0 radical (unpaired) electrons. The quantitative estimate of drug-likeness (QED) is 0.336. The molecule has 0 unspecified atom stereocenters. The number of nitrogen functional groups attached to an aromatic ring is 1. The maximum absolute atomic E-state index is 12.8. The Labute approximate surface area is 202 Å². The summed E-state index contributed by atoms with van der Waals surface area (Å²) in [4.78, 5) is 19.2. The van der Waals surface area contributed by atoms with Crippen molar-refractivity contribution in [2.24, 2.45) is 0 Å². The van der Waals surface area contributed by atoms with E-state index in [1.165, 1.54) is 0 Å². The molecule has 0 atom stereocenters. The molecule has 0 bridgehead atoms. The van der Waals surface area contributed by atoms with Gasteiger partial charge >= 0.3 is 0 Å². The largest absolute Gasteiger partial charge is 0.383 e. The van der Waals surface area contributed by atoms with Crippen LogP contribution in [0.5, 0.6) is 0 Å². The molecule has 0 saturated heterocycles. The van der Waals surface area contributed by atoms with E-state index < -0.39 is 0 Å². The fourth-order valence-electron chi connectivity index (χ4n) is 3.50. The second-order valence-corrected chi connectivity index (χ2v) is 8.49. The number of rotatable bonds is 8. The van der Waals surface area contributed by atoms with E-state index in [-0.39, 0.29) is 28.5 Å². The maximum Gasteiger partial charge on any atom is 0.173 e. The van der Waals surface area contributed by atoms with Crippen molar-refractivity contribution >= 4 is 40.7 Å². The summed E-state index contributed by atoms with van der Waals surface area (Å²) in [7, 11) is 0. The van der Waals surface area contributed by atoms with Gasteiger partial charge in [-0.05, 0) is 55.8 Å². The van der Waals surface area contributed by atoms with Crippen LogP contribution in [0, 0.1) is 22.7 Å². The summed E-state index contributed by atoms with van der Waals surface area (Å²) in [6.45, 7) is 5.94. The van der Waals surface area contributed by atoms with E-state index in [0.717, 1.165) is 30.5 Å². The Hall–Kier alpha value is -3.52. The van der Waals surface area contributed by atoms with Crippen LogP contribution in [0.15, 0.2) is 53.6 Å². The van der Waals surface area contributed by atoms with Crippen molar-refractivity contribution in [2.45, 2.75) is 18.9 Å². The number of Topliss-reactive ketones (excluding diaryl/α,β-unsaturated/α-hetero) is 1. The second kappa shape index (κ2) is 10.9. The highest BCUT2D eigenvalue weighted by atomic mass is 35.5. The average Bonchev–Trinajstić information content (AvgIpc) is 2.83. The van der Waals surface area contributed by atoms with Crippen molar-refractivity contribution in [1.29, 1.82) is 10.5 Å². The molecule has 6 nitrogen and oxygen atoms in total. The van der Waals surface area contributed by atoms with Gasteiger partial charge in [0.05, 0.1) is 11.3 Å². The van der Waals surface area contributed by atoms with Gasteiger partial charge in [-0.3, -0.25) is 4.79 Å². The highest BCUT2D eigenvalue weighted by Gasteiger charge is 2.21. The van der Waals surface area contributed by atoms with E-state index in [4.69, 9.17) is 17.3 Å². The minimum Gasteiger partial charge on any atom is -0.383 e. The first-order valence-corrected chi connectivity index (χ1v) is 11.7. The van der Waals surface area contributed by atoms with Crippen LogP contribution in [0.25, 0.3) is 11.1 Å². The summed E-state index contributed by atoms with van der Waals surface area (Å²) >= 11 is 7.24. The number of nitrogens with zero attached hydrogens (tertiary/aromatic N) is 4. The molecule has 2 aromatic carbocycles. The van der Waals surface area contributed by atoms with Crippen molar-refractivity contribution in [1.82, 2.24) is 4.98 Å². The van der Waals surface area contributed by atoms with Gasteiger partial charge in [0.2, 0.25) is 0 Å². The van der Waals surface area contributed by atoms with Crippen LogP contribution in [-0.4, -0.2) is 29.6 Å². The summed E-state index contributed by atoms with van der Waals surface area (Å²) in [5.41, 5.74) is 8.93. The lowest BCUT2D eigenvalue weighted by atomic mass is 9.97. The second-order valence-electron chi connectivity index (χ2n) is 7.09. The number of ketones is 1. The number of hydrogen-bond acceptors (Lipinski definition) is 7. The first-order chi connectivity index (χ1) is 15.9. The number of carbonyl (C=O) groups is 1. The lowest BCUT2D eigenvalue weighted by Gasteiger charge is -2.21. The molecule has 0 saturated carbocycles. The Morgan fingerprint density at radius 1 is 1.09 bits per heavy atom. The van der Waals surface area contributed by atoms with Gasteiger partial charge in [0.25, 0.3) is 0 Å². The molecule has 0 aliphatic heterocycles. The van der Waals surface area contributed by atoms with Crippen LogP contribution < -0.4 is 10.6 Å². The predicted octanol–water partition coefficient (Wildman–Crippen LogP) is 5.55. The lowest BCUT2D eigenvalue weighted by molar-refractivity contribution is 0.102. The molecular weight excluding hydrogens is 454 g/mol. The molecule has 8 heteroatoms. The summed E-state index contributed by atoms with van der Waals surface area (Å²) < 4.78 is 0. The van der Waals surface area contributed by atoms with Gasteiger partial charge in [-0.2, -0.15) is 10.5 Å². The number of benzene rings is 2. The van der Waals surface area contributed by atoms with Crippen LogP contribution in [-0.2, 0) is 0 Å². The molecule has 166 valence electrons. The van der Waals surface area contributed by atoms with Gasteiger partial charge in [-0.1, -0.05) is 35.5 Å². The molecule has 3 aromatic rings. The van der Waals surface area contributed by atoms with Gasteiger partial charge in [-0.15, -0.1) is 0 Å². The molecule has 0 spiro atoms. The van der Waals surface area contributed by atoms with Crippen molar-refractivity contribution < 1.29 is 4.79 Å². The molecular formula is C25H22ClN5OS. The third-order valence-corrected chi connectivity index (χ3v) is 6.40. The van der Waals surface area contributed by atoms with Crippen molar-refractivity contribution in [2.75, 3.05) is 29.5 Å². The zero-order valence-electron chi connectivity index (χ0n) is 18.3. The highest BCUT2D eigenvalue weighted by molar-refractivity contribution is 8.00. The van der Waals surface area contributed by atoms with E-state index >= 15 is 0 Å². The van der Waals surface area contributed by atoms with E-state index in [1.807, 2.05) is 18.2 Å². The van der Waals surface area contributed by atoms with Crippen molar-refractivity contribution in [3.63, 3.8) is 0 Å². The number of pyridine rings is 1. The van der Waals surface area contributed by atoms with Crippen molar-refractivity contribution in [3.05, 3.63) is 70.2 Å². The third kappa shape index (κ3) is 5.28. The zero-order valence-corrected chi connectivity index (χ0v) is 19.9. The molecule has 0 aliphatic carbocycles. The maximum atomic E-state index is 12.8. The van der Waals surface area contributed by atoms with Gasteiger partial charge in [-0.25, -0.2) is 4.98 Å². The molecule has 1 heterocycles. The van der Waals surface area contributed by atoms with E-state index in [0.29, 0.717) is 26.7 Å². The number of carbonyl (C=O) groups excluding carboxylic acids is 1. The van der Waals surface area contributed by atoms with Crippen LogP contribution in [0.1, 0.15) is 35.3 Å². The summed E-state index contributed by atoms with van der Waals surface area (Å²) in [6, 6.07) is 18.5. The number of nitrogens with two attached hydrogens (primary N) is 1. The van der Waals surface area contributed by atoms with Gasteiger partial charge < -0.3 is 10.6 Å². The topological polar surface area (TPSA) is 107 Å². The number of anilines is 2. The van der Waals surface area contributed by atoms with E-state index in [2.05, 4.69) is 29.8 Å². The summed E-state index contributed by atoms with van der Waals surface area (Å²) in [6.07, 6.45) is 0. The minimum absolute atomic E-state index is 0.00463. The van der Waals surface area contributed by atoms with Crippen LogP contribution in [0.4, 0.5) is 11.5 Å². The third-order valence-electron chi connectivity index (χ3n) is 5.19. The molecule has 0 aliphatic rings. The van der Waals surface area contributed by atoms with Gasteiger partial charge in [0.15, 0.2) is 5.78 Å². The minimum atomic E-state index is -0.0935.